The van der Waals surface area contributed by atoms with Gasteiger partial charge in [-0.2, -0.15) is 4.52 Å². The van der Waals surface area contributed by atoms with Crippen LogP contribution in [0.3, 0.4) is 0 Å². The third-order valence-corrected chi connectivity index (χ3v) is 5.30. The molecule has 8 nitrogen and oxygen atoms in total. The van der Waals surface area contributed by atoms with E-state index in [-0.39, 0.29) is 0 Å². The Morgan fingerprint density at radius 3 is 2.66 bits per heavy atom. The Labute approximate surface area is 175 Å². The molecule has 2 aromatic heterocycles. The van der Waals surface area contributed by atoms with Crippen LogP contribution in [-0.4, -0.2) is 38.6 Å². The van der Waals surface area contributed by atoms with Gasteiger partial charge in [0.1, 0.15) is 11.8 Å². The highest BCUT2D eigenvalue weighted by Crippen LogP contribution is 2.29. The molecule has 1 atom stereocenters. The summed E-state index contributed by atoms with van der Waals surface area (Å²) < 4.78 is 7.65. The van der Waals surface area contributed by atoms with Gasteiger partial charge in [-0.3, -0.25) is 4.79 Å². The van der Waals surface area contributed by atoms with Gasteiger partial charge in [-0.05, 0) is 58.7 Å². The first-order chi connectivity index (χ1) is 14.0. The molecule has 0 bridgehead atoms. The molecule has 4 rings (SSSR count). The number of benzene rings is 2. The number of carbonyl (C=O) groups is 1. The topological polar surface area (TPSA) is 107 Å². The van der Waals surface area contributed by atoms with Crippen LogP contribution >= 0.6 is 15.9 Å². The van der Waals surface area contributed by atoms with Crippen molar-refractivity contribution < 1.29 is 9.53 Å². The zero-order chi connectivity index (χ0) is 20.5. The Hall–Kier alpha value is -3.20. The monoisotopic (exact) mass is 454 g/mol. The van der Waals surface area contributed by atoms with Crippen LogP contribution in [0.2, 0.25) is 0 Å². The number of primary amides is 1. The number of aromatic nitrogens is 4. The average Bonchev–Trinajstić information content (AvgIpc) is 3.18. The second-order valence-electron chi connectivity index (χ2n) is 6.48. The quantitative estimate of drug-likeness (QED) is 0.462. The predicted molar refractivity (Wildman–Crippen MR) is 115 cm³/mol. The Bertz CT molecular complexity index is 1210. The number of para-hydroxylation sites is 1. The summed E-state index contributed by atoms with van der Waals surface area (Å²) in [5.41, 5.74) is 7.69. The zero-order valence-corrected chi connectivity index (χ0v) is 17.5. The van der Waals surface area contributed by atoms with Crippen molar-refractivity contribution in [1.29, 1.82) is 0 Å². The number of nitrogens with two attached hydrogens (primary N) is 1. The van der Waals surface area contributed by atoms with Crippen LogP contribution in [0.25, 0.3) is 27.9 Å². The first kappa shape index (κ1) is 19.1. The largest absolute Gasteiger partial charge is 0.497 e. The molecule has 0 saturated heterocycles. The number of rotatable bonds is 6. The van der Waals surface area contributed by atoms with E-state index in [9.17, 15) is 4.79 Å². The van der Waals surface area contributed by atoms with Crippen molar-refractivity contribution in [2.24, 2.45) is 5.73 Å². The van der Waals surface area contributed by atoms with Crippen LogP contribution in [0, 0.1) is 0 Å². The van der Waals surface area contributed by atoms with Crippen molar-refractivity contribution in [3.05, 3.63) is 46.9 Å². The molecule has 0 unspecified atom stereocenters. The molecule has 0 spiro atoms. The minimum absolute atomic E-state index is 0.400. The van der Waals surface area contributed by atoms with Crippen LogP contribution in [0.1, 0.15) is 13.3 Å². The summed E-state index contributed by atoms with van der Waals surface area (Å²) in [5, 5.41) is 8.58. The smallest absolute Gasteiger partial charge is 0.239 e. The normalized spacial score (nSPS) is 12.2. The van der Waals surface area contributed by atoms with Gasteiger partial charge in [0.25, 0.3) is 0 Å². The molecule has 2 heterocycles. The molecule has 29 heavy (non-hydrogen) atoms. The fourth-order valence-corrected chi connectivity index (χ4v) is 3.54. The van der Waals surface area contributed by atoms with E-state index >= 15 is 0 Å². The minimum Gasteiger partial charge on any atom is -0.497 e. The number of carbonyl (C=O) groups excluding carboxylic acids is 1. The summed E-state index contributed by atoms with van der Waals surface area (Å²) in [6.07, 6.45) is 0.520. The Morgan fingerprint density at radius 1 is 1.24 bits per heavy atom. The maximum Gasteiger partial charge on any atom is 0.239 e. The second kappa shape index (κ2) is 7.67. The van der Waals surface area contributed by atoms with Crippen molar-refractivity contribution in [2.45, 2.75) is 19.4 Å². The van der Waals surface area contributed by atoms with E-state index in [1.54, 1.807) is 11.6 Å². The molecular weight excluding hydrogens is 436 g/mol. The lowest BCUT2D eigenvalue weighted by molar-refractivity contribution is -0.118. The van der Waals surface area contributed by atoms with Crippen molar-refractivity contribution in [3.63, 3.8) is 0 Å². The molecule has 148 valence electrons. The molecule has 0 aliphatic carbocycles. The lowest BCUT2D eigenvalue weighted by Crippen LogP contribution is -2.35. The van der Waals surface area contributed by atoms with Gasteiger partial charge in [0, 0.05) is 15.4 Å². The number of methoxy groups -OCH3 is 1. The Morgan fingerprint density at radius 2 is 2.00 bits per heavy atom. The maximum atomic E-state index is 11.8. The molecule has 2 aromatic carbocycles. The van der Waals surface area contributed by atoms with Gasteiger partial charge in [-0.15, -0.1) is 5.10 Å². The van der Waals surface area contributed by atoms with Crippen LogP contribution in [-0.2, 0) is 4.79 Å². The standard InChI is InChI=1S/C20H19BrN6O2/c1-3-15(17(22)28)23-20-24-16-13(5-4-6-14(16)21)19-25-18(26-27(19)20)11-7-9-12(29-2)10-8-11/h4-10,15H,3H2,1-2H3,(H2,22,28)(H,23,24)/t15-/m1/s1. The summed E-state index contributed by atoms with van der Waals surface area (Å²) >= 11 is 3.54. The molecule has 1 amide bonds. The number of nitrogens with one attached hydrogen (secondary N) is 1. The summed E-state index contributed by atoms with van der Waals surface area (Å²) in [6, 6.07) is 12.7. The SMILES string of the molecule is CC[C@@H](Nc1nc2c(Br)cccc2c2nc(-c3ccc(OC)cc3)nn12)C(N)=O. The van der Waals surface area contributed by atoms with Crippen molar-refractivity contribution in [1.82, 2.24) is 19.6 Å². The number of ether oxygens (including phenoxy) is 1. The lowest BCUT2D eigenvalue weighted by atomic mass is 10.2. The van der Waals surface area contributed by atoms with Crippen molar-refractivity contribution in [2.75, 3.05) is 12.4 Å². The maximum absolute atomic E-state index is 11.8. The van der Waals surface area contributed by atoms with Gasteiger partial charge >= 0.3 is 0 Å². The first-order valence-electron chi connectivity index (χ1n) is 9.07. The zero-order valence-electron chi connectivity index (χ0n) is 15.9. The van der Waals surface area contributed by atoms with E-state index in [0.717, 1.165) is 26.7 Å². The van der Waals surface area contributed by atoms with E-state index in [1.807, 2.05) is 49.4 Å². The number of amides is 1. The summed E-state index contributed by atoms with van der Waals surface area (Å²) in [7, 11) is 1.62. The minimum atomic E-state index is -0.570. The number of anilines is 1. The average molecular weight is 455 g/mol. The highest BCUT2D eigenvalue weighted by Gasteiger charge is 2.20. The number of halogens is 1. The molecule has 0 radical (unpaired) electrons. The second-order valence-corrected chi connectivity index (χ2v) is 7.33. The molecule has 3 N–H and O–H groups in total. The molecule has 0 fully saturated rings. The van der Waals surface area contributed by atoms with Gasteiger partial charge in [0.05, 0.1) is 12.6 Å². The molecule has 0 saturated carbocycles. The number of nitrogens with zero attached hydrogens (tertiary/aromatic N) is 4. The Balaban J connectivity index is 1.93. The highest BCUT2D eigenvalue weighted by atomic mass is 79.9. The van der Waals surface area contributed by atoms with Crippen molar-refractivity contribution in [3.8, 4) is 17.1 Å². The van der Waals surface area contributed by atoms with E-state index in [0.29, 0.717) is 23.8 Å². The molecule has 4 aromatic rings. The van der Waals surface area contributed by atoms with E-state index in [1.165, 1.54) is 0 Å². The highest BCUT2D eigenvalue weighted by molar-refractivity contribution is 9.10. The molecular formula is C20H19BrN6O2. The van der Waals surface area contributed by atoms with Crippen LogP contribution < -0.4 is 15.8 Å². The Kier molecular flexibility index (Phi) is 5.06. The van der Waals surface area contributed by atoms with Gasteiger partial charge in [0.15, 0.2) is 11.5 Å². The fourth-order valence-electron chi connectivity index (χ4n) is 3.08. The summed E-state index contributed by atoms with van der Waals surface area (Å²) in [6.45, 7) is 1.88. The van der Waals surface area contributed by atoms with Gasteiger partial charge in [-0.25, -0.2) is 9.97 Å². The summed E-state index contributed by atoms with van der Waals surface area (Å²) in [4.78, 5) is 21.2. The molecule has 0 aliphatic heterocycles. The van der Waals surface area contributed by atoms with Crippen LogP contribution in [0.4, 0.5) is 5.95 Å². The number of fused-ring (bicyclic) bond motifs is 3. The van der Waals surface area contributed by atoms with E-state index < -0.39 is 11.9 Å². The van der Waals surface area contributed by atoms with E-state index in [2.05, 4.69) is 31.3 Å². The van der Waals surface area contributed by atoms with Gasteiger partial charge in [0.2, 0.25) is 11.9 Å². The molecule has 0 aliphatic rings. The van der Waals surface area contributed by atoms with Gasteiger partial charge in [-0.1, -0.05) is 13.0 Å². The van der Waals surface area contributed by atoms with Gasteiger partial charge < -0.3 is 15.8 Å². The van der Waals surface area contributed by atoms with Crippen LogP contribution in [0.5, 0.6) is 5.75 Å². The molecule has 9 heteroatoms. The predicted octanol–water partition coefficient (Wildman–Crippen LogP) is 3.39. The third kappa shape index (κ3) is 3.49. The number of hydrogen-bond donors (Lipinski definition) is 2. The summed E-state index contributed by atoms with van der Waals surface area (Å²) in [5.74, 6) is 1.24. The van der Waals surface area contributed by atoms with Crippen LogP contribution in [0.15, 0.2) is 46.9 Å². The van der Waals surface area contributed by atoms with Crippen molar-refractivity contribution >= 4 is 44.3 Å². The van der Waals surface area contributed by atoms with E-state index in [4.69, 9.17) is 15.5 Å². The lowest BCUT2D eigenvalue weighted by Gasteiger charge is -2.15. The third-order valence-electron chi connectivity index (χ3n) is 4.66. The fraction of sp³-hybridized carbons (Fsp3) is 0.200. The number of hydrogen-bond acceptors (Lipinski definition) is 6. The first-order valence-corrected chi connectivity index (χ1v) is 9.86.